The third-order valence-corrected chi connectivity index (χ3v) is 5.66. The smallest absolute Gasteiger partial charge is 0.0473 e. The van der Waals surface area contributed by atoms with Crippen molar-refractivity contribution in [1.82, 2.24) is 9.80 Å². The molecule has 0 radical (unpaired) electrons. The molecule has 0 aromatic carbocycles. The van der Waals surface area contributed by atoms with E-state index in [9.17, 15) is 0 Å². The van der Waals surface area contributed by atoms with E-state index in [4.69, 9.17) is 5.73 Å². The molecule has 2 heterocycles. The van der Waals surface area contributed by atoms with E-state index in [-0.39, 0.29) is 0 Å². The summed E-state index contributed by atoms with van der Waals surface area (Å²) < 4.78 is 0. The number of hydrogen-bond donors (Lipinski definition) is 1. The van der Waals surface area contributed by atoms with Gasteiger partial charge in [0.05, 0.1) is 0 Å². The molecule has 2 atom stereocenters. The van der Waals surface area contributed by atoms with Gasteiger partial charge in [-0.3, -0.25) is 9.80 Å². The van der Waals surface area contributed by atoms with Crippen LogP contribution in [-0.2, 0) is 0 Å². The molecule has 3 rings (SSSR count). The van der Waals surface area contributed by atoms with Crippen molar-refractivity contribution in [2.75, 3.05) is 26.2 Å². The summed E-state index contributed by atoms with van der Waals surface area (Å²) in [5.41, 5.74) is 6.58. The zero-order valence-electron chi connectivity index (χ0n) is 12.6. The minimum Gasteiger partial charge on any atom is -0.329 e. The van der Waals surface area contributed by atoms with E-state index in [0.29, 0.717) is 5.54 Å². The zero-order chi connectivity index (χ0) is 13.3. The van der Waals surface area contributed by atoms with Crippen LogP contribution < -0.4 is 5.73 Å². The average molecular weight is 265 g/mol. The molecule has 2 unspecified atom stereocenters. The first kappa shape index (κ1) is 13.8. The van der Waals surface area contributed by atoms with Gasteiger partial charge in [0.2, 0.25) is 0 Å². The molecule has 0 spiro atoms. The van der Waals surface area contributed by atoms with Gasteiger partial charge in [-0.25, -0.2) is 0 Å². The second-order valence-corrected chi connectivity index (χ2v) is 7.01. The second-order valence-electron chi connectivity index (χ2n) is 7.01. The van der Waals surface area contributed by atoms with Crippen molar-refractivity contribution in [2.45, 2.75) is 75.9 Å². The monoisotopic (exact) mass is 265 g/mol. The summed E-state index contributed by atoms with van der Waals surface area (Å²) in [5, 5.41) is 0. The largest absolute Gasteiger partial charge is 0.329 e. The Morgan fingerprint density at radius 2 is 2.00 bits per heavy atom. The fourth-order valence-electron chi connectivity index (χ4n) is 4.42. The summed E-state index contributed by atoms with van der Waals surface area (Å²) in [6, 6.07) is 1.71. The molecule has 0 amide bonds. The Balaban J connectivity index is 1.72. The molecule has 2 saturated heterocycles. The van der Waals surface area contributed by atoms with Crippen LogP contribution in [0.4, 0.5) is 0 Å². The van der Waals surface area contributed by atoms with Gasteiger partial charge in [0.25, 0.3) is 0 Å². The van der Waals surface area contributed by atoms with Crippen molar-refractivity contribution in [3.05, 3.63) is 0 Å². The standard InChI is InChI=1S/C16H31N3/c1-2-5-15-6-3-4-10-19(15)16(12-17)9-11-18(13-16)14-7-8-14/h14-15H,2-13,17H2,1H3. The summed E-state index contributed by atoms with van der Waals surface area (Å²) >= 11 is 0. The van der Waals surface area contributed by atoms with Crippen molar-refractivity contribution >= 4 is 0 Å². The van der Waals surface area contributed by atoms with Crippen LogP contribution in [0.25, 0.3) is 0 Å². The molecule has 0 bridgehead atoms. The van der Waals surface area contributed by atoms with Gasteiger partial charge in [-0.05, 0) is 45.1 Å². The molecule has 1 aliphatic carbocycles. The number of hydrogen-bond acceptors (Lipinski definition) is 3. The van der Waals surface area contributed by atoms with E-state index in [1.165, 1.54) is 71.0 Å². The predicted octanol–water partition coefficient (Wildman–Crippen LogP) is 2.21. The Morgan fingerprint density at radius 3 is 2.68 bits per heavy atom. The number of nitrogens with zero attached hydrogens (tertiary/aromatic N) is 2. The highest BCUT2D eigenvalue weighted by atomic mass is 15.3. The van der Waals surface area contributed by atoms with E-state index in [2.05, 4.69) is 16.7 Å². The molecule has 110 valence electrons. The Bertz CT molecular complexity index is 300. The Hall–Kier alpha value is -0.120. The van der Waals surface area contributed by atoms with Crippen LogP contribution in [0.1, 0.15) is 58.3 Å². The molecule has 3 heteroatoms. The lowest BCUT2D eigenvalue weighted by molar-refractivity contribution is 0.0225. The van der Waals surface area contributed by atoms with Crippen LogP contribution >= 0.6 is 0 Å². The average Bonchev–Trinajstić information content (AvgIpc) is 3.20. The van der Waals surface area contributed by atoms with Crippen molar-refractivity contribution in [2.24, 2.45) is 5.73 Å². The third-order valence-electron chi connectivity index (χ3n) is 5.66. The van der Waals surface area contributed by atoms with E-state index in [1.54, 1.807) is 0 Å². The third kappa shape index (κ3) is 2.70. The lowest BCUT2D eigenvalue weighted by Crippen LogP contribution is -2.60. The van der Waals surface area contributed by atoms with Gasteiger partial charge in [-0.15, -0.1) is 0 Å². The number of rotatable bonds is 5. The summed E-state index contributed by atoms with van der Waals surface area (Å²) in [6.07, 6.45) is 11.1. The van der Waals surface area contributed by atoms with Gasteiger partial charge >= 0.3 is 0 Å². The topological polar surface area (TPSA) is 32.5 Å². The Kier molecular flexibility index (Phi) is 4.16. The Morgan fingerprint density at radius 1 is 1.16 bits per heavy atom. The van der Waals surface area contributed by atoms with E-state index in [1.807, 2.05) is 0 Å². The van der Waals surface area contributed by atoms with Crippen molar-refractivity contribution in [3.63, 3.8) is 0 Å². The minimum atomic E-state index is 0.308. The fourth-order valence-corrected chi connectivity index (χ4v) is 4.42. The molecule has 0 aromatic heterocycles. The lowest BCUT2D eigenvalue weighted by atomic mass is 9.88. The second kappa shape index (κ2) is 5.71. The first-order valence-corrected chi connectivity index (χ1v) is 8.50. The van der Waals surface area contributed by atoms with Gasteiger partial charge < -0.3 is 5.73 Å². The van der Waals surface area contributed by atoms with Crippen LogP contribution in [0.3, 0.4) is 0 Å². The van der Waals surface area contributed by atoms with Gasteiger partial charge in [-0.1, -0.05) is 19.8 Å². The van der Waals surface area contributed by atoms with Crippen molar-refractivity contribution in [3.8, 4) is 0 Å². The fraction of sp³-hybridized carbons (Fsp3) is 1.00. The van der Waals surface area contributed by atoms with Gasteiger partial charge in [0.1, 0.15) is 0 Å². The molecule has 0 aromatic rings. The maximum atomic E-state index is 6.27. The van der Waals surface area contributed by atoms with Gasteiger partial charge in [-0.2, -0.15) is 0 Å². The molecule has 3 nitrogen and oxygen atoms in total. The highest BCUT2D eigenvalue weighted by Crippen LogP contribution is 2.38. The molecule has 19 heavy (non-hydrogen) atoms. The molecule has 2 N–H and O–H groups in total. The van der Waals surface area contributed by atoms with Crippen LogP contribution in [0.15, 0.2) is 0 Å². The summed E-state index contributed by atoms with van der Waals surface area (Å²) in [7, 11) is 0. The maximum Gasteiger partial charge on any atom is 0.0473 e. The quantitative estimate of drug-likeness (QED) is 0.827. The molecule has 2 aliphatic heterocycles. The van der Waals surface area contributed by atoms with E-state index in [0.717, 1.165) is 18.6 Å². The van der Waals surface area contributed by atoms with Crippen LogP contribution in [0, 0.1) is 0 Å². The van der Waals surface area contributed by atoms with Crippen LogP contribution in [0.5, 0.6) is 0 Å². The van der Waals surface area contributed by atoms with Crippen molar-refractivity contribution < 1.29 is 0 Å². The highest BCUT2D eigenvalue weighted by Gasteiger charge is 2.47. The first-order valence-electron chi connectivity index (χ1n) is 8.50. The summed E-state index contributed by atoms with van der Waals surface area (Å²) in [6.45, 7) is 7.01. The van der Waals surface area contributed by atoms with Gasteiger partial charge in [0.15, 0.2) is 0 Å². The zero-order valence-corrected chi connectivity index (χ0v) is 12.6. The van der Waals surface area contributed by atoms with E-state index < -0.39 is 0 Å². The van der Waals surface area contributed by atoms with Crippen LogP contribution in [-0.4, -0.2) is 53.6 Å². The van der Waals surface area contributed by atoms with Crippen molar-refractivity contribution in [1.29, 1.82) is 0 Å². The predicted molar refractivity (Wildman–Crippen MR) is 80.3 cm³/mol. The van der Waals surface area contributed by atoms with Gasteiger partial charge in [0, 0.05) is 37.3 Å². The molecule has 1 saturated carbocycles. The number of nitrogens with two attached hydrogens (primary N) is 1. The van der Waals surface area contributed by atoms with E-state index >= 15 is 0 Å². The number of piperidine rings is 1. The Labute approximate surface area is 118 Å². The minimum absolute atomic E-state index is 0.308. The molecular formula is C16H31N3. The SMILES string of the molecule is CCCC1CCCCN1C1(CN)CCN(C2CC2)C1. The lowest BCUT2D eigenvalue weighted by Gasteiger charge is -2.48. The molecular weight excluding hydrogens is 234 g/mol. The first-order chi connectivity index (χ1) is 9.29. The van der Waals surface area contributed by atoms with Crippen LogP contribution in [0.2, 0.25) is 0 Å². The summed E-state index contributed by atoms with van der Waals surface area (Å²) in [5.74, 6) is 0. The number of likely N-dealkylation sites (tertiary alicyclic amines) is 2. The summed E-state index contributed by atoms with van der Waals surface area (Å²) in [4.78, 5) is 5.56. The molecule has 3 fully saturated rings. The highest BCUT2D eigenvalue weighted by molar-refractivity contribution is 5.05. The normalized spacial score (nSPS) is 37.9. The maximum absolute atomic E-state index is 6.27. The molecule has 3 aliphatic rings.